The predicted molar refractivity (Wildman–Crippen MR) is 63.5 cm³/mol. The summed E-state index contributed by atoms with van der Waals surface area (Å²) < 4.78 is 5.03. The van der Waals surface area contributed by atoms with E-state index in [4.69, 9.17) is 15.3 Å². The van der Waals surface area contributed by atoms with Gasteiger partial charge in [-0.15, -0.1) is 0 Å². The van der Waals surface area contributed by atoms with Gasteiger partial charge in [0.15, 0.2) is 0 Å². The van der Waals surface area contributed by atoms with Crippen LogP contribution in [0.25, 0.3) is 0 Å². The number of hydrogen-bond acceptors (Lipinski definition) is 5. The summed E-state index contributed by atoms with van der Waals surface area (Å²) >= 11 is 0. The summed E-state index contributed by atoms with van der Waals surface area (Å²) in [7, 11) is 0. The first-order valence-electron chi connectivity index (χ1n) is 6.29. The maximum Gasteiger partial charge on any atom is 0.326 e. The molecule has 1 heterocycles. The molecule has 1 aliphatic carbocycles. The van der Waals surface area contributed by atoms with E-state index in [1.54, 1.807) is 6.92 Å². The van der Waals surface area contributed by atoms with Crippen LogP contribution in [0.3, 0.4) is 0 Å². The van der Waals surface area contributed by atoms with Crippen LogP contribution in [0.4, 0.5) is 0 Å². The Morgan fingerprint density at radius 1 is 1.59 bits per heavy atom. The van der Waals surface area contributed by atoms with Crippen molar-refractivity contribution < 1.29 is 14.4 Å². The van der Waals surface area contributed by atoms with Gasteiger partial charge in [-0.3, -0.25) is 4.79 Å². The lowest BCUT2D eigenvalue weighted by Crippen LogP contribution is -2.47. The molecule has 1 aliphatic heterocycles. The number of hydrogen-bond donors (Lipinski definition) is 1. The van der Waals surface area contributed by atoms with Crippen LogP contribution in [-0.2, 0) is 14.4 Å². The predicted octanol–water partition coefficient (Wildman–Crippen LogP) is 1.21. The molecule has 0 amide bonds. The highest BCUT2D eigenvalue weighted by Crippen LogP contribution is 2.41. The Balaban J connectivity index is 2.04. The first-order valence-corrected chi connectivity index (χ1v) is 6.29. The molecule has 96 valence electrons. The molecule has 0 bridgehead atoms. The molecule has 3 atom stereocenters. The van der Waals surface area contributed by atoms with Crippen LogP contribution in [-0.4, -0.2) is 29.9 Å². The molecule has 1 fully saturated rings. The largest absolute Gasteiger partial charge is 0.465 e. The second-order valence-electron chi connectivity index (χ2n) is 4.87. The monoisotopic (exact) mass is 240 g/mol. The van der Waals surface area contributed by atoms with Crippen molar-refractivity contribution in [1.29, 1.82) is 0 Å². The fraction of sp³-hybridized carbons (Fsp3) is 0.833. The average molecular weight is 240 g/mol. The topological polar surface area (TPSA) is 73.9 Å². The van der Waals surface area contributed by atoms with Gasteiger partial charge in [0, 0.05) is 12.3 Å². The summed E-state index contributed by atoms with van der Waals surface area (Å²) in [5.41, 5.74) is 6.29. The van der Waals surface area contributed by atoms with Crippen LogP contribution >= 0.6 is 0 Å². The maximum atomic E-state index is 11.8. The molecule has 2 aliphatic rings. The maximum absolute atomic E-state index is 11.8. The van der Waals surface area contributed by atoms with Crippen molar-refractivity contribution in [2.75, 3.05) is 6.61 Å². The molecule has 0 radical (unpaired) electrons. The minimum Gasteiger partial charge on any atom is -0.465 e. The van der Waals surface area contributed by atoms with Crippen LogP contribution in [0.5, 0.6) is 0 Å². The molecule has 17 heavy (non-hydrogen) atoms. The highest BCUT2D eigenvalue weighted by molar-refractivity contribution is 5.91. The molecular weight excluding hydrogens is 220 g/mol. The molecule has 0 aromatic heterocycles. The Labute approximate surface area is 101 Å². The van der Waals surface area contributed by atoms with Gasteiger partial charge >= 0.3 is 5.97 Å². The molecule has 0 spiro atoms. The first-order chi connectivity index (χ1) is 8.10. The number of rotatable bonds is 4. The third kappa shape index (κ3) is 2.16. The number of nitrogens with zero attached hydrogens (tertiary/aromatic N) is 1. The van der Waals surface area contributed by atoms with Crippen LogP contribution in [0.2, 0.25) is 0 Å². The zero-order valence-corrected chi connectivity index (χ0v) is 10.4. The van der Waals surface area contributed by atoms with E-state index in [1.807, 2.05) is 0 Å². The number of esters is 1. The zero-order chi connectivity index (χ0) is 12.5. The molecule has 3 unspecified atom stereocenters. The van der Waals surface area contributed by atoms with E-state index >= 15 is 0 Å². The Morgan fingerprint density at radius 2 is 2.35 bits per heavy atom. The lowest BCUT2D eigenvalue weighted by atomic mass is 9.93. The second-order valence-corrected chi connectivity index (χ2v) is 4.87. The molecule has 0 aromatic rings. The highest BCUT2D eigenvalue weighted by atomic mass is 16.6. The zero-order valence-electron chi connectivity index (χ0n) is 10.4. The molecule has 5 heteroatoms. The molecule has 2 rings (SSSR count). The van der Waals surface area contributed by atoms with Gasteiger partial charge in [0.25, 0.3) is 0 Å². The Morgan fingerprint density at radius 3 is 3.00 bits per heavy atom. The van der Waals surface area contributed by atoms with Crippen molar-refractivity contribution in [3.05, 3.63) is 0 Å². The van der Waals surface area contributed by atoms with E-state index in [0.29, 0.717) is 19.4 Å². The van der Waals surface area contributed by atoms with Crippen LogP contribution in [0, 0.1) is 5.92 Å². The number of carbonyl (C=O) groups excluding carboxylic acids is 1. The van der Waals surface area contributed by atoms with Gasteiger partial charge in [-0.25, -0.2) is 0 Å². The summed E-state index contributed by atoms with van der Waals surface area (Å²) in [6.45, 7) is 4.26. The summed E-state index contributed by atoms with van der Waals surface area (Å²) in [6.07, 6.45) is 3.01. The number of fused-ring (bicyclic) bond motifs is 1. The molecule has 5 nitrogen and oxygen atoms in total. The lowest BCUT2D eigenvalue weighted by Gasteiger charge is -2.21. The average Bonchev–Trinajstić information content (AvgIpc) is 2.79. The molecule has 0 saturated heterocycles. The van der Waals surface area contributed by atoms with Crippen molar-refractivity contribution in [3.63, 3.8) is 0 Å². The summed E-state index contributed by atoms with van der Waals surface area (Å²) in [5.74, 6) is -0.113. The van der Waals surface area contributed by atoms with Crippen LogP contribution in [0.1, 0.15) is 39.5 Å². The SMILES string of the molecule is CCCC1=NOC2CC(N)(C(=O)OCC)CC12. The number of ether oxygens (including phenoxy) is 1. The van der Waals surface area contributed by atoms with E-state index in [2.05, 4.69) is 12.1 Å². The minimum atomic E-state index is -0.889. The number of carbonyl (C=O) groups is 1. The second kappa shape index (κ2) is 4.64. The number of nitrogens with two attached hydrogens (primary N) is 1. The molecule has 1 saturated carbocycles. The van der Waals surface area contributed by atoms with Crippen molar-refractivity contribution in [2.45, 2.75) is 51.2 Å². The number of oxime groups is 1. The Bertz CT molecular complexity index is 343. The van der Waals surface area contributed by atoms with Crippen molar-refractivity contribution in [3.8, 4) is 0 Å². The van der Waals surface area contributed by atoms with E-state index < -0.39 is 5.54 Å². The fourth-order valence-corrected chi connectivity index (χ4v) is 2.68. The van der Waals surface area contributed by atoms with Gasteiger partial charge in [-0.2, -0.15) is 0 Å². The Kier molecular flexibility index (Phi) is 3.38. The van der Waals surface area contributed by atoms with Gasteiger partial charge in [-0.05, 0) is 19.8 Å². The van der Waals surface area contributed by atoms with Crippen molar-refractivity contribution >= 4 is 11.7 Å². The summed E-state index contributed by atoms with van der Waals surface area (Å²) in [6, 6.07) is 0. The van der Waals surface area contributed by atoms with Crippen LogP contribution in [0.15, 0.2) is 5.16 Å². The van der Waals surface area contributed by atoms with E-state index in [-0.39, 0.29) is 18.0 Å². The normalized spacial score (nSPS) is 35.1. The first kappa shape index (κ1) is 12.4. The van der Waals surface area contributed by atoms with Gasteiger partial charge in [0.1, 0.15) is 11.6 Å². The van der Waals surface area contributed by atoms with Gasteiger partial charge < -0.3 is 15.3 Å². The third-order valence-electron chi connectivity index (χ3n) is 3.52. The van der Waals surface area contributed by atoms with E-state index in [9.17, 15) is 4.79 Å². The minimum absolute atomic E-state index is 0.0362. The summed E-state index contributed by atoms with van der Waals surface area (Å²) in [5, 5.41) is 4.09. The van der Waals surface area contributed by atoms with E-state index in [0.717, 1.165) is 18.6 Å². The van der Waals surface area contributed by atoms with E-state index in [1.165, 1.54) is 0 Å². The third-order valence-corrected chi connectivity index (χ3v) is 3.52. The van der Waals surface area contributed by atoms with Gasteiger partial charge in [-0.1, -0.05) is 18.5 Å². The highest BCUT2D eigenvalue weighted by Gasteiger charge is 2.53. The van der Waals surface area contributed by atoms with Crippen LogP contribution < -0.4 is 5.73 Å². The van der Waals surface area contributed by atoms with Gasteiger partial charge in [0.2, 0.25) is 0 Å². The molecule has 0 aromatic carbocycles. The lowest BCUT2D eigenvalue weighted by molar-refractivity contribution is -0.149. The quantitative estimate of drug-likeness (QED) is 0.750. The fourth-order valence-electron chi connectivity index (χ4n) is 2.68. The van der Waals surface area contributed by atoms with Crippen molar-refractivity contribution in [2.24, 2.45) is 16.8 Å². The molecular formula is C12H20N2O3. The standard InChI is InChI=1S/C12H20N2O3/c1-3-5-9-8-6-12(13,11(15)16-4-2)7-10(8)17-14-9/h8,10H,3-7,13H2,1-2H3. The summed E-state index contributed by atoms with van der Waals surface area (Å²) in [4.78, 5) is 17.2. The van der Waals surface area contributed by atoms with Crippen molar-refractivity contribution in [1.82, 2.24) is 0 Å². The van der Waals surface area contributed by atoms with Gasteiger partial charge in [0.05, 0.1) is 12.3 Å². The smallest absolute Gasteiger partial charge is 0.326 e. The molecule has 2 N–H and O–H groups in total. The Hall–Kier alpha value is -1.10.